The summed E-state index contributed by atoms with van der Waals surface area (Å²) in [6.45, 7) is 10.9. The number of hydrogen-bond donors (Lipinski definition) is 2. The van der Waals surface area contributed by atoms with Crippen LogP contribution in [0.3, 0.4) is 0 Å². The van der Waals surface area contributed by atoms with Crippen LogP contribution in [0.2, 0.25) is 0 Å². The number of carbonyl (C=O) groups is 1. The van der Waals surface area contributed by atoms with E-state index < -0.39 is 0 Å². The zero-order valence-corrected chi connectivity index (χ0v) is 20.5. The number of anilines is 2. The van der Waals surface area contributed by atoms with Crippen molar-refractivity contribution >= 4 is 23.7 Å². The van der Waals surface area contributed by atoms with Crippen molar-refractivity contribution in [2.45, 2.75) is 20.3 Å². The highest BCUT2D eigenvalue weighted by molar-refractivity contribution is 5.89. The number of hydrogen-bond acceptors (Lipinski definition) is 9. The van der Waals surface area contributed by atoms with Gasteiger partial charge in [-0.2, -0.15) is 9.59 Å². The Morgan fingerprint density at radius 3 is 2.26 bits per heavy atom. The second kappa shape index (κ2) is 12.9. The molecule has 0 spiro atoms. The predicted molar refractivity (Wildman–Crippen MR) is 131 cm³/mol. The van der Waals surface area contributed by atoms with E-state index in [9.17, 15) is 4.79 Å². The average molecular weight is 484 g/mol. The topological polar surface area (TPSA) is 120 Å². The van der Waals surface area contributed by atoms with Gasteiger partial charge in [0.25, 0.3) is 0 Å². The molecule has 2 aliphatic heterocycles. The zero-order chi connectivity index (χ0) is 25.2. The average Bonchev–Trinajstić information content (AvgIpc) is 2.87. The lowest BCUT2D eigenvalue weighted by molar-refractivity contribution is -0.191. The lowest BCUT2D eigenvalue weighted by atomic mass is 10.1. The largest absolute Gasteiger partial charge is 0.378 e. The molecule has 0 unspecified atom stereocenters. The second-order valence-corrected chi connectivity index (χ2v) is 8.41. The summed E-state index contributed by atoms with van der Waals surface area (Å²) in [5.74, 6) is 1.70. The first-order valence-electron chi connectivity index (χ1n) is 11.8. The standard InChI is InChI=1S/C23H33N7O2.CO2/c1-4-20-17(2)22(29-13-15-32-16-14-29)26-21(25-20)18-5-7-19(8-6-18)24-23(31)27-30-11-9-28(3)10-12-30;2-1-3/h5-8H,4,9-16H2,1-3H3,(H2,24,27,31);. The van der Waals surface area contributed by atoms with Crippen LogP contribution in [0.5, 0.6) is 0 Å². The number of nitrogens with one attached hydrogen (secondary N) is 2. The van der Waals surface area contributed by atoms with Gasteiger partial charge in [-0.25, -0.2) is 19.8 Å². The summed E-state index contributed by atoms with van der Waals surface area (Å²) in [6.07, 6.45) is 1.10. The van der Waals surface area contributed by atoms with Crippen molar-refractivity contribution in [2.75, 3.05) is 69.7 Å². The number of rotatable bonds is 5. The van der Waals surface area contributed by atoms with Crippen LogP contribution in [0.4, 0.5) is 16.3 Å². The van der Waals surface area contributed by atoms with Crippen LogP contribution < -0.4 is 15.6 Å². The zero-order valence-electron chi connectivity index (χ0n) is 20.5. The Balaban J connectivity index is 0.00000108. The molecule has 2 N–H and O–H groups in total. The first-order chi connectivity index (χ1) is 16.9. The van der Waals surface area contributed by atoms with E-state index in [1.165, 1.54) is 0 Å². The number of aryl methyl sites for hydroxylation is 1. The molecule has 2 amide bonds. The fourth-order valence-corrected chi connectivity index (χ4v) is 4.03. The number of carbonyl (C=O) groups excluding carboxylic acids is 3. The molecule has 2 fully saturated rings. The number of amides is 2. The number of likely N-dealkylation sites (N-methyl/N-ethyl adjacent to an activating group) is 1. The summed E-state index contributed by atoms with van der Waals surface area (Å²) in [5.41, 5.74) is 6.77. The fraction of sp³-hybridized carbons (Fsp3) is 0.500. The summed E-state index contributed by atoms with van der Waals surface area (Å²) in [7, 11) is 2.09. The molecule has 0 atom stereocenters. The van der Waals surface area contributed by atoms with E-state index >= 15 is 0 Å². The number of ether oxygens (including phenoxy) is 1. The van der Waals surface area contributed by atoms with E-state index in [1.807, 2.05) is 29.3 Å². The highest BCUT2D eigenvalue weighted by Gasteiger charge is 2.19. The van der Waals surface area contributed by atoms with E-state index in [0.29, 0.717) is 5.82 Å². The van der Waals surface area contributed by atoms with Gasteiger partial charge in [-0.05, 0) is 44.7 Å². The first kappa shape index (κ1) is 26.2. The molecule has 11 heteroatoms. The minimum Gasteiger partial charge on any atom is -0.378 e. The molecule has 1 aromatic carbocycles. The smallest absolute Gasteiger partial charge is 0.373 e. The SMILES string of the molecule is CCc1nc(-c2ccc(NC(=O)NN3CCN(C)CC3)cc2)nc(N2CCOCC2)c1C.O=C=O. The molecular weight excluding hydrogens is 450 g/mol. The van der Waals surface area contributed by atoms with E-state index in [1.54, 1.807) is 0 Å². The van der Waals surface area contributed by atoms with Gasteiger partial charge in [0.15, 0.2) is 5.82 Å². The number of nitrogens with zero attached hydrogens (tertiary/aromatic N) is 5. The summed E-state index contributed by atoms with van der Waals surface area (Å²) >= 11 is 0. The maximum Gasteiger partial charge on any atom is 0.373 e. The summed E-state index contributed by atoms with van der Waals surface area (Å²) in [5, 5.41) is 4.85. The first-order valence-corrected chi connectivity index (χ1v) is 11.8. The third-order valence-corrected chi connectivity index (χ3v) is 6.03. The molecule has 2 aromatic rings. The van der Waals surface area contributed by atoms with Gasteiger partial charge in [0.1, 0.15) is 5.82 Å². The minimum atomic E-state index is -0.225. The molecule has 2 saturated heterocycles. The van der Waals surface area contributed by atoms with Crippen molar-refractivity contribution < 1.29 is 19.1 Å². The van der Waals surface area contributed by atoms with Crippen molar-refractivity contribution in [3.63, 3.8) is 0 Å². The molecule has 4 rings (SSSR count). The van der Waals surface area contributed by atoms with Crippen LogP contribution in [-0.4, -0.2) is 91.6 Å². The van der Waals surface area contributed by atoms with Crippen molar-refractivity contribution in [1.29, 1.82) is 0 Å². The Labute approximate surface area is 205 Å². The third-order valence-electron chi connectivity index (χ3n) is 6.03. The van der Waals surface area contributed by atoms with E-state index in [-0.39, 0.29) is 12.2 Å². The van der Waals surface area contributed by atoms with Gasteiger partial charge >= 0.3 is 12.2 Å². The maximum atomic E-state index is 12.3. The van der Waals surface area contributed by atoms with Gasteiger partial charge in [-0.1, -0.05) is 6.92 Å². The van der Waals surface area contributed by atoms with Gasteiger partial charge in [0.05, 0.1) is 13.2 Å². The van der Waals surface area contributed by atoms with Crippen LogP contribution in [-0.2, 0) is 20.7 Å². The summed E-state index contributed by atoms with van der Waals surface area (Å²) in [6, 6.07) is 7.47. The lowest BCUT2D eigenvalue weighted by Crippen LogP contribution is -2.53. The number of aromatic nitrogens is 2. The predicted octanol–water partition coefficient (Wildman–Crippen LogP) is 1.55. The molecule has 0 saturated carbocycles. The quantitative estimate of drug-likeness (QED) is 0.653. The van der Waals surface area contributed by atoms with Gasteiger partial charge in [-0.15, -0.1) is 0 Å². The number of urea groups is 1. The van der Waals surface area contributed by atoms with Crippen LogP contribution in [0.25, 0.3) is 11.4 Å². The fourth-order valence-electron chi connectivity index (χ4n) is 4.03. The molecular formula is C24H33N7O4. The van der Waals surface area contributed by atoms with Crippen molar-refractivity contribution in [2.24, 2.45) is 0 Å². The molecule has 2 aliphatic rings. The van der Waals surface area contributed by atoms with Crippen molar-refractivity contribution in [3.05, 3.63) is 35.5 Å². The highest BCUT2D eigenvalue weighted by atomic mass is 16.5. The Kier molecular flexibility index (Phi) is 9.68. The number of benzene rings is 1. The normalized spacial score (nSPS) is 16.6. The van der Waals surface area contributed by atoms with E-state index in [0.717, 1.165) is 87.2 Å². The second-order valence-electron chi connectivity index (χ2n) is 8.41. The van der Waals surface area contributed by atoms with Crippen LogP contribution in [0.1, 0.15) is 18.2 Å². The lowest BCUT2D eigenvalue weighted by Gasteiger charge is -2.32. The molecule has 11 nitrogen and oxygen atoms in total. The Hall–Kier alpha value is -3.37. The Bertz CT molecular complexity index is 1010. The Morgan fingerprint density at radius 1 is 1.03 bits per heavy atom. The molecule has 0 bridgehead atoms. The van der Waals surface area contributed by atoms with E-state index in [4.69, 9.17) is 24.3 Å². The molecule has 35 heavy (non-hydrogen) atoms. The minimum absolute atomic E-state index is 0.225. The third kappa shape index (κ3) is 7.30. The number of hydrazine groups is 1. The number of morpholine rings is 1. The highest BCUT2D eigenvalue weighted by Crippen LogP contribution is 2.26. The molecule has 0 aliphatic carbocycles. The van der Waals surface area contributed by atoms with Gasteiger partial charge in [-0.3, -0.25) is 5.43 Å². The van der Waals surface area contributed by atoms with Gasteiger partial charge in [0, 0.05) is 61.8 Å². The molecule has 1 aromatic heterocycles. The maximum absolute atomic E-state index is 12.3. The van der Waals surface area contributed by atoms with Gasteiger partial charge < -0.3 is 19.9 Å². The van der Waals surface area contributed by atoms with Crippen LogP contribution in [0, 0.1) is 6.92 Å². The van der Waals surface area contributed by atoms with Crippen molar-refractivity contribution in [3.8, 4) is 11.4 Å². The molecule has 0 radical (unpaired) electrons. The van der Waals surface area contributed by atoms with E-state index in [2.05, 4.69) is 41.4 Å². The Morgan fingerprint density at radius 2 is 1.66 bits per heavy atom. The summed E-state index contributed by atoms with van der Waals surface area (Å²) < 4.78 is 5.50. The molecule has 188 valence electrons. The van der Waals surface area contributed by atoms with Crippen LogP contribution in [0.15, 0.2) is 24.3 Å². The van der Waals surface area contributed by atoms with Crippen LogP contribution >= 0.6 is 0 Å². The monoisotopic (exact) mass is 483 g/mol. The van der Waals surface area contributed by atoms with Crippen molar-refractivity contribution in [1.82, 2.24) is 25.3 Å². The number of piperazine rings is 1. The molecule has 3 heterocycles. The van der Waals surface area contributed by atoms with Gasteiger partial charge in [0.2, 0.25) is 0 Å². The summed E-state index contributed by atoms with van der Waals surface area (Å²) in [4.78, 5) is 42.8.